The zero-order valence-corrected chi connectivity index (χ0v) is 12.3. The van der Waals surface area contributed by atoms with E-state index in [9.17, 15) is 0 Å². The molecule has 0 saturated carbocycles. The molecule has 106 valence electrons. The average molecular weight is 269 g/mol. The lowest BCUT2D eigenvalue weighted by Gasteiger charge is -2.16. The molecule has 2 N–H and O–H groups in total. The van der Waals surface area contributed by atoms with Crippen LogP contribution in [0.25, 0.3) is 0 Å². The zero-order chi connectivity index (χ0) is 14.4. The van der Waals surface area contributed by atoms with E-state index in [1.165, 1.54) is 16.7 Å². The quantitative estimate of drug-likeness (QED) is 0.868. The van der Waals surface area contributed by atoms with Gasteiger partial charge in [0.1, 0.15) is 5.75 Å². The van der Waals surface area contributed by atoms with Crippen LogP contribution < -0.4 is 10.5 Å². The minimum absolute atomic E-state index is 0.404. The second kappa shape index (κ2) is 7.11. The lowest BCUT2D eigenvalue weighted by Crippen LogP contribution is -2.13. The monoisotopic (exact) mass is 269 g/mol. The third kappa shape index (κ3) is 3.61. The summed E-state index contributed by atoms with van der Waals surface area (Å²) in [5.41, 5.74) is 9.79. The van der Waals surface area contributed by atoms with Gasteiger partial charge < -0.3 is 10.5 Å². The molecule has 0 aliphatic heterocycles. The second-order valence-electron chi connectivity index (χ2n) is 5.20. The molecule has 2 nitrogen and oxygen atoms in total. The molecule has 0 aromatic heterocycles. The van der Waals surface area contributed by atoms with Gasteiger partial charge in [-0.1, -0.05) is 48.0 Å². The van der Waals surface area contributed by atoms with E-state index < -0.39 is 0 Å². The van der Waals surface area contributed by atoms with E-state index in [1.807, 2.05) is 12.1 Å². The van der Waals surface area contributed by atoms with Crippen LogP contribution >= 0.6 is 0 Å². The van der Waals surface area contributed by atoms with Gasteiger partial charge in [0.25, 0.3) is 0 Å². The van der Waals surface area contributed by atoms with Crippen molar-refractivity contribution in [1.82, 2.24) is 0 Å². The Morgan fingerprint density at radius 3 is 2.50 bits per heavy atom. The summed E-state index contributed by atoms with van der Waals surface area (Å²) in [4.78, 5) is 0. The number of hydrogen-bond donors (Lipinski definition) is 1. The van der Waals surface area contributed by atoms with E-state index in [0.29, 0.717) is 12.5 Å². The Kier molecular flexibility index (Phi) is 5.19. The van der Waals surface area contributed by atoms with Crippen LogP contribution in [0.15, 0.2) is 48.5 Å². The lowest BCUT2D eigenvalue weighted by atomic mass is 9.92. The Morgan fingerprint density at radius 1 is 1.10 bits per heavy atom. The first-order valence-electron chi connectivity index (χ1n) is 7.13. The van der Waals surface area contributed by atoms with Crippen molar-refractivity contribution in [2.24, 2.45) is 5.73 Å². The highest BCUT2D eigenvalue weighted by Crippen LogP contribution is 2.25. The molecule has 0 spiro atoms. The van der Waals surface area contributed by atoms with Crippen molar-refractivity contribution in [3.8, 4) is 5.75 Å². The third-order valence-corrected chi connectivity index (χ3v) is 3.75. The SMILES string of the molecule is COc1ccc(C)cc1CCC(CN)c1ccccc1. The molecule has 2 rings (SSSR count). The van der Waals surface area contributed by atoms with E-state index in [4.69, 9.17) is 10.5 Å². The number of rotatable bonds is 6. The molecule has 1 atom stereocenters. The van der Waals surface area contributed by atoms with E-state index >= 15 is 0 Å². The van der Waals surface area contributed by atoms with E-state index in [0.717, 1.165) is 18.6 Å². The summed E-state index contributed by atoms with van der Waals surface area (Å²) in [5.74, 6) is 1.38. The second-order valence-corrected chi connectivity index (χ2v) is 5.20. The van der Waals surface area contributed by atoms with Crippen LogP contribution in [0.5, 0.6) is 5.75 Å². The van der Waals surface area contributed by atoms with Crippen LogP contribution in [0.4, 0.5) is 0 Å². The fourth-order valence-corrected chi connectivity index (χ4v) is 2.58. The van der Waals surface area contributed by atoms with Gasteiger partial charge in [-0.25, -0.2) is 0 Å². The maximum absolute atomic E-state index is 5.94. The smallest absolute Gasteiger partial charge is 0.122 e. The van der Waals surface area contributed by atoms with E-state index in [2.05, 4.69) is 43.3 Å². The summed E-state index contributed by atoms with van der Waals surface area (Å²) >= 11 is 0. The summed E-state index contributed by atoms with van der Waals surface area (Å²) in [6, 6.07) is 16.8. The first kappa shape index (κ1) is 14.6. The van der Waals surface area contributed by atoms with Gasteiger partial charge >= 0.3 is 0 Å². The molecule has 2 aromatic rings. The van der Waals surface area contributed by atoms with Crippen LogP contribution in [0.2, 0.25) is 0 Å². The van der Waals surface area contributed by atoms with Crippen LogP contribution in [0, 0.1) is 6.92 Å². The van der Waals surface area contributed by atoms with Crippen molar-refractivity contribution in [2.45, 2.75) is 25.7 Å². The molecule has 1 unspecified atom stereocenters. The highest BCUT2D eigenvalue weighted by Gasteiger charge is 2.11. The number of methoxy groups -OCH3 is 1. The first-order chi connectivity index (χ1) is 9.74. The normalized spacial score (nSPS) is 12.2. The molecule has 0 aliphatic rings. The van der Waals surface area contributed by atoms with Gasteiger partial charge in [-0.15, -0.1) is 0 Å². The van der Waals surface area contributed by atoms with Gasteiger partial charge in [-0.2, -0.15) is 0 Å². The van der Waals surface area contributed by atoms with E-state index in [-0.39, 0.29) is 0 Å². The maximum atomic E-state index is 5.94. The Morgan fingerprint density at radius 2 is 1.85 bits per heavy atom. The van der Waals surface area contributed by atoms with Crippen molar-refractivity contribution in [3.63, 3.8) is 0 Å². The minimum atomic E-state index is 0.404. The lowest BCUT2D eigenvalue weighted by molar-refractivity contribution is 0.408. The van der Waals surface area contributed by atoms with Gasteiger partial charge in [0.2, 0.25) is 0 Å². The molecule has 0 fully saturated rings. The number of hydrogen-bond acceptors (Lipinski definition) is 2. The topological polar surface area (TPSA) is 35.2 Å². The van der Waals surface area contributed by atoms with Crippen LogP contribution in [0.3, 0.4) is 0 Å². The average Bonchev–Trinajstić information content (AvgIpc) is 2.49. The Balaban J connectivity index is 2.09. The third-order valence-electron chi connectivity index (χ3n) is 3.75. The van der Waals surface area contributed by atoms with Crippen LogP contribution in [-0.4, -0.2) is 13.7 Å². The Hall–Kier alpha value is -1.80. The maximum Gasteiger partial charge on any atom is 0.122 e. The van der Waals surface area contributed by atoms with Crippen molar-refractivity contribution in [3.05, 3.63) is 65.2 Å². The van der Waals surface area contributed by atoms with Crippen molar-refractivity contribution >= 4 is 0 Å². The molecule has 0 amide bonds. The molecule has 20 heavy (non-hydrogen) atoms. The molecule has 2 heteroatoms. The highest BCUT2D eigenvalue weighted by molar-refractivity contribution is 5.37. The van der Waals surface area contributed by atoms with Crippen LogP contribution in [-0.2, 0) is 6.42 Å². The molecular formula is C18H23NO. The summed E-state index contributed by atoms with van der Waals surface area (Å²) in [7, 11) is 1.73. The molecule has 0 heterocycles. The predicted molar refractivity (Wildman–Crippen MR) is 84.3 cm³/mol. The Labute approximate surface area is 121 Å². The molecule has 0 aliphatic carbocycles. The van der Waals surface area contributed by atoms with Gasteiger partial charge in [0.05, 0.1) is 7.11 Å². The van der Waals surface area contributed by atoms with Crippen LogP contribution in [0.1, 0.15) is 29.0 Å². The fourth-order valence-electron chi connectivity index (χ4n) is 2.58. The fraction of sp³-hybridized carbons (Fsp3) is 0.333. The number of benzene rings is 2. The highest BCUT2D eigenvalue weighted by atomic mass is 16.5. The largest absolute Gasteiger partial charge is 0.496 e. The van der Waals surface area contributed by atoms with Gasteiger partial charge in [0, 0.05) is 0 Å². The van der Waals surface area contributed by atoms with Crippen molar-refractivity contribution < 1.29 is 4.74 Å². The molecule has 0 bridgehead atoms. The van der Waals surface area contributed by atoms with Gasteiger partial charge in [-0.3, -0.25) is 0 Å². The predicted octanol–water partition coefficient (Wildman–Crippen LogP) is 3.68. The number of aryl methyl sites for hydroxylation is 2. The standard InChI is InChI=1S/C18H23NO/c1-14-8-11-18(20-2)16(12-14)9-10-17(13-19)15-6-4-3-5-7-15/h3-8,11-12,17H,9-10,13,19H2,1-2H3. The molecule has 0 saturated heterocycles. The molecule has 2 aromatic carbocycles. The first-order valence-corrected chi connectivity index (χ1v) is 7.13. The van der Waals surface area contributed by atoms with Gasteiger partial charge in [-0.05, 0) is 49.4 Å². The van der Waals surface area contributed by atoms with Gasteiger partial charge in [0.15, 0.2) is 0 Å². The summed E-state index contributed by atoms with van der Waals surface area (Å²) < 4.78 is 5.44. The van der Waals surface area contributed by atoms with E-state index in [1.54, 1.807) is 7.11 Å². The van der Waals surface area contributed by atoms with Crippen molar-refractivity contribution in [1.29, 1.82) is 0 Å². The summed E-state index contributed by atoms with van der Waals surface area (Å²) in [6.07, 6.45) is 2.03. The molecular weight excluding hydrogens is 246 g/mol. The number of ether oxygens (including phenoxy) is 1. The zero-order valence-electron chi connectivity index (χ0n) is 12.3. The van der Waals surface area contributed by atoms with Crippen molar-refractivity contribution in [2.75, 3.05) is 13.7 Å². The molecule has 0 radical (unpaired) electrons. The summed E-state index contributed by atoms with van der Waals surface area (Å²) in [6.45, 7) is 2.79. The summed E-state index contributed by atoms with van der Waals surface area (Å²) in [5, 5.41) is 0. The number of nitrogens with two attached hydrogens (primary N) is 1. The minimum Gasteiger partial charge on any atom is -0.496 e. The Bertz CT molecular complexity index is 536.